The van der Waals surface area contributed by atoms with Crippen LogP contribution in [0.1, 0.15) is 42.1 Å². The van der Waals surface area contributed by atoms with E-state index in [9.17, 15) is 14.4 Å². The maximum Gasteiger partial charge on any atom is 0.409 e. The van der Waals surface area contributed by atoms with Gasteiger partial charge in [0.15, 0.2) is 5.78 Å². The lowest BCUT2D eigenvalue weighted by molar-refractivity contribution is -0.134. The van der Waals surface area contributed by atoms with Crippen molar-refractivity contribution in [1.29, 1.82) is 0 Å². The predicted octanol–water partition coefficient (Wildman–Crippen LogP) is 2.83. The Kier molecular flexibility index (Phi) is 5.48. The van der Waals surface area contributed by atoms with Crippen LogP contribution >= 0.6 is 0 Å². The third-order valence-corrected chi connectivity index (χ3v) is 4.79. The van der Waals surface area contributed by atoms with Crippen LogP contribution < -0.4 is 4.74 Å². The van der Waals surface area contributed by atoms with Crippen molar-refractivity contribution < 1.29 is 28.6 Å². The quantitative estimate of drug-likeness (QED) is 0.599. The summed E-state index contributed by atoms with van der Waals surface area (Å²) in [6.07, 6.45) is 4.18. The topological polar surface area (TPSA) is 82.1 Å². The Morgan fingerprint density at radius 2 is 2.19 bits per heavy atom. The number of nitrogens with zero attached hydrogens (tertiary/aromatic N) is 1. The largest absolute Gasteiger partial charge is 0.484 e. The van der Waals surface area contributed by atoms with Gasteiger partial charge in [-0.2, -0.15) is 0 Å². The zero-order chi connectivity index (χ0) is 19.4. The summed E-state index contributed by atoms with van der Waals surface area (Å²) >= 11 is 0. The molecule has 27 heavy (non-hydrogen) atoms. The Balaban J connectivity index is 1.80. The number of esters is 1. The minimum Gasteiger partial charge on any atom is -0.484 e. The molecule has 7 heteroatoms. The summed E-state index contributed by atoms with van der Waals surface area (Å²) in [5.74, 6) is 0.0120. The van der Waals surface area contributed by atoms with Gasteiger partial charge in [0.25, 0.3) is 0 Å². The SMILES string of the molecule is CCOC(=O)N1CCCC2(CC(=O)c3cc(/C=C/C(=O)OC)ccc3O2)C1. The highest BCUT2D eigenvalue weighted by Gasteiger charge is 2.45. The zero-order valence-corrected chi connectivity index (χ0v) is 15.5. The van der Waals surface area contributed by atoms with Crippen LogP contribution in [0.5, 0.6) is 5.75 Å². The fraction of sp³-hybridized carbons (Fsp3) is 0.450. The number of carbonyl (C=O) groups excluding carboxylic acids is 3. The number of amides is 1. The Morgan fingerprint density at radius 3 is 2.93 bits per heavy atom. The van der Waals surface area contributed by atoms with Gasteiger partial charge in [-0.05, 0) is 43.5 Å². The second-order valence-corrected chi connectivity index (χ2v) is 6.72. The molecular weight excluding hydrogens is 350 g/mol. The number of hydrogen-bond acceptors (Lipinski definition) is 6. The number of ether oxygens (including phenoxy) is 3. The first-order chi connectivity index (χ1) is 13.0. The summed E-state index contributed by atoms with van der Waals surface area (Å²) in [5, 5.41) is 0. The van der Waals surface area contributed by atoms with Crippen molar-refractivity contribution in [3.05, 3.63) is 35.4 Å². The molecule has 144 valence electrons. The number of carbonyl (C=O) groups is 3. The van der Waals surface area contributed by atoms with E-state index in [1.54, 1.807) is 36.1 Å². The van der Waals surface area contributed by atoms with Crippen molar-refractivity contribution >= 4 is 23.9 Å². The van der Waals surface area contributed by atoms with E-state index in [1.807, 2.05) is 0 Å². The highest BCUT2D eigenvalue weighted by Crippen LogP contribution is 2.39. The van der Waals surface area contributed by atoms with Crippen molar-refractivity contribution in [3.63, 3.8) is 0 Å². The van der Waals surface area contributed by atoms with Gasteiger partial charge in [-0.1, -0.05) is 6.07 Å². The van der Waals surface area contributed by atoms with E-state index in [0.717, 1.165) is 6.42 Å². The van der Waals surface area contributed by atoms with E-state index in [4.69, 9.17) is 9.47 Å². The van der Waals surface area contributed by atoms with Crippen molar-refractivity contribution in [2.75, 3.05) is 26.8 Å². The van der Waals surface area contributed by atoms with E-state index >= 15 is 0 Å². The number of fused-ring (bicyclic) bond motifs is 1. The van der Waals surface area contributed by atoms with E-state index in [2.05, 4.69) is 4.74 Å². The normalized spacial score (nSPS) is 21.7. The van der Waals surface area contributed by atoms with Gasteiger partial charge in [0.05, 0.1) is 32.2 Å². The van der Waals surface area contributed by atoms with Gasteiger partial charge in [0.2, 0.25) is 0 Å². The standard InChI is InChI=1S/C20H23NO6/c1-3-26-19(24)21-10-4-9-20(13-21)12-16(22)15-11-14(5-7-17(15)27-20)6-8-18(23)25-2/h5-8,11H,3-4,9-10,12-13H2,1-2H3/b8-6+. The molecule has 3 rings (SSSR count). The number of likely N-dealkylation sites (tertiary alicyclic amines) is 1. The van der Waals surface area contributed by atoms with Crippen LogP contribution in [-0.4, -0.2) is 55.2 Å². The molecule has 1 amide bonds. The summed E-state index contributed by atoms with van der Waals surface area (Å²) in [7, 11) is 1.31. The fourth-order valence-electron chi connectivity index (χ4n) is 3.54. The molecule has 7 nitrogen and oxygen atoms in total. The Labute approximate surface area is 157 Å². The van der Waals surface area contributed by atoms with Crippen molar-refractivity contribution in [2.24, 2.45) is 0 Å². The van der Waals surface area contributed by atoms with Crippen LogP contribution in [-0.2, 0) is 14.3 Å². The summed E-state index contributed by atoms with van der Waals surface area (Å²) in [6, 6.07) is 5.21. The summed E-state index contributed by atoms with van der Waals surface area (Å²) in [5.41, 5.74) is 0.489. The molecule has 0 bridgehead atoms. The second kappa shape index (κ2) is 7.82. The number of methoxy groups -OCH3 is 1. The van der Waals surface area contributed by atoms with Crippen LogP contribution in [0.15, 0.2) is 24.3 Å². The third kappa shape index (κ3) is 4.13. The zero-order valence-electron chi connectivity index (χ0n) is 15.5. The maximum absolute atomic E-state index is 12.8. The second-order valence-electron chi connectivity index (χ2n) is 6.72. The average Bonchev–Trinajstić information content (AvgIpc) is 2.66. The van der Waals surface area contributed by atoms with E-state index in [0.29, 0.717) is 43.0 Å². The molecule has 2 heterocycles. The number of ketones is 1. The van der Waals surface area contributed by atoms with Crippen molar-refractivity contribution in [3.8, 4) is 5.75 Å². The Morgan fingerprint density at radius 1 is 1.37 bits per heavy atom. The number of piperidine rings is 1. The fourth-order valence-corrected chi connectivity index (χ4v) is 3.54. The molecule has 0 N–H and O–H groups in total. The highest BCUT2D eigenvalue weighted by molar-refractivity contribution is 6.01. The number of hydrogen-bond donors (Lipinski definition) is 0. The molecular formula is C20H23NO6. The number of benzene rings is 1. The maximum atomic E-state index is 12.8. The summed E-state index contributed by atoms with van der Waals surface area (Å²) in [4.78, 5) is 37.7. The highest BCUT2D eigenvalue weighted by atomic mass is 16.6. The van der Waals surface area contributed by atoms with E-state index in [1.165, 1.54) is 13.2 Å². The van der Waals surface area contributed by atoms with Gasteiger partial charge in [-0.3, -0.25) is 4.79 Å². The molecule has 1 aromatic rings. The summed E-state index contributed by atoms with van der Waals surface area (Å²) in [6.45, 7) is 3.01. The lowest BCUT2D eigenvalue weighted by Crippen LogP contribution is -2.56. The van der Waals surface area contributed by atoms with Crippen LogP contribution in [0.4, 0.5) is 4.79 Å². The van der Waals surface area contributed by atoms with Gasteiger partial charge in [-0.25, -0.2) is 9.59 Å². The van der Waals surface area contributed by atoms with Crippen LogP contribution in [0.2, 0.25) is 0 Å². The molecule has 0 aliphatic carbocycles. The number of rotatable bonds is 3. The molecule has 2 aliphatic heterocycles. The van der Waals surface area contributed by atoms with Crippen LogP contribution in [0, 0.1) is 0 Å². The van der Waals surface area contributed by atoms with Gasteiger partial charge in [-0.15, -0.1) is 0 Å². The van der Waals surface area contributed by atoms with Crippen molar-refractivity contribution in [2.45, 2.75) is 31.8 Å². The van der Waals surface area contributed by atoms with Gasteiger partial charge < -0.3 is 19.1 Å². The van der Waals surface area contributed by atoms with E-state index in [-0.39, 0.29) is 18.3 Å². The predicted molar refractivity (Wildman–Crippen MR) is 97.6 cm³/mol. The van der Waals surface area contributed by atoms with E-state index < -0.39 is 11.6 Å². The smallest absolute Gasteiger partial charge is 0.409 e. The molecule has 0 saturated carbocycles. The molecule has 1 saturated heterocycles. The van der Waals surface area contributed by atoms with Gasteiger partial charge in [0, 0.05) is 12.6 Å². The lowest BCUT2D eigenvalue weighted by Gasteiger charge is -2.44. The lowest BCUT2D eigenvalue weighted by atomic mass is 9.83. The summed E-state index contributed by atoms with van der Waals surface area (Å²) < 4.78 is 15.9. The minimum atomic E-state index is -0.710. The monoisotopic (exact) mass is 373 g/mol. The molecule has 1 unspecified atom stereocenters. The molecule has 1 aromatic carbocycles. The first-order valence-corrected chi connectivity index (χ1v) is 9.00. The minimum absolute atomic E-state index is 0.0322. The Bertz CT molecular complexity index is 787. The first kappa shape index (κ1) is 18.9. The third-order valence-electron chi connectivity index (χ3n) is 4.79. The van der Waals surface area contributed by atoms with Gasteiger partial charge >= 0.3 is 12.1 Å². The average molecular weight is 373 g/mol. The Hall–Kier alpha value is -2.83. The van der Waals surface area contributed by atoms with Crippen LogP contribution in [0.25, 0.3) is 6.08 Å². The van der Waals surface area contributed by atoms with Crippen LogP contribution in [0.3, 0.4) is 0 Å². The molecule has 0 aromatic heterocycles. The molecule has 0 radical (unpaired) electrons. The first-order valence-electron chi connectivity index (χ1n) is 9.00. The molecule has 2 aliphatic rings. The van der Waals surface area contributed by atoms with Gasteiger partial charge in [0.1, 0.15) is 11.4 Å². The van der Waals surface area contributed by atoms with Crippen molar-refractivity contribution in [1.82, 2.24) is 4.90 Å². The molecule has 1 spiro atoms. The molecule has 1 atom stereocenters. The number of Topliss-reactive ketones (excluding diaryl/α,β-unsaturated/α-hetero) is 1. The molecule has 1 fully saturated rings.